The molecule has 0 rings (SSSR count). The van der Waals surface area contributed by atoms with Crippen molar-refractivity contribution in [1.29, 1.82) is 0 Å². The molecule has 0 saturated carbocycles. The molecule has 0 atom stereocenters. The highest BCUT2D eigenvalue weighted by Crippen LogP contribution is 1.98. The minimum absolute atomic E-state index is 0.361. The van der Waals surface area contributed by atoms with Gasteiger partial charge in [-0.3, -0.25) is 5.73 Å². The van der Waals surface area contributed by atoms with Crippen molar-refractivity contribution >= 4 is 0 Å². The summed E-state index contributed by atoms with van der Waals surface area (Å²) in [6.45, 7) is -0.361. The first-order chi connectivity index (χ1) is 3.68. The molecule has 0 fully saturated rings. The molecule has 0 aliphatic rings. The van der Waals surface area contributed by atoms with E-state index in [1.807, 2.05) is 0 Å². The molecule has 0 aliphatic heterocycles. The number of rotatable bonds is 3. The molecule has 0 bridgehead atoms. The average Bonchev–Trinajstić information content (AvgIpc) is 1.87. The average molecular weight is 118 g/mol. The van der Waals surface area contributed by atoms with E-state index in [0.29, 0.717) is 0 Å². The molecular weight excluding hydrogens is 112 g/mol. The van der Waals surface area contributed by atoms with E-state index in [0.717, 1.165) is 0 Å². The van der Waals surface area contributed by atoms with Crippen molar-refractivity contribution in [2.24, 2.45) is 21.8 Å². The number of nitrogens with two attached hydrogens (primary N) is 2. The van der Waals surface area contributed by atoms with Crippen molar-refractivity contribution in [3.8, 4) is 0 Å². The molecule has 0 aliphatic carbocycles. The zero-order valence-electron chi connectivity index (χ0n) is 4.07. The van der Waals surface area contributed by atoms with E-state index < -0.39 is 5.79 Å². The van der Waals surface area contributed by atoms with Crippen molar-refractivity contribution in [2.45, 2.75) is 5.79 Å². The lowest BCUT2D eigenvalue weighted by Gasteiger charge is -2.05. The zero-order chi connectivity index (χ0) is 6.62. The van der Waals surface area contributed by atoms with Crippen LogP contribution < -0.4 is 11.5 Å². The fourth-order valence-electron chi connectivity index (χ4n) is 0.0912. The number of hydrogen-bond donors (Lipinski definition) is 2. The van der Waals surface area contributed by atoms with Gasteiger partial charge in [-0.2, -0.15) is 0 Å². The van der Waals surface area contributed by atoms with Crippen LogP contribution in [0.25, 0.3) is 0 Å². The van der Waals surface area contributed by atoms with E-state index in [-0.39, 0.29) is 6.54 Å². The normalized spacial score (nSPS) is 10.8. The third-order valence-electron chi connectivity index (χ3n) is 0.617. The summed E-state index contributed by atoms with van der Waals surface area (Å²) in [5.41, 5.74) is 9.63. The van der Waals surface area contributed by atoms with E-state index in [4.69, 9.17) is 11.5 Å². The van der Waals surface area contributed by atoms with Crippen LogP contribution in [-0.4, -0.2) is 12.3 Å². The summed E-state index contributed by atoms with van der Waals surface area (Å²) in [5, 5.41) is 4.36. The second-order valence-electron chi connectivity index (χ2n) is 1.27. The summed E-state index contributed by atoms with van der Waals surface area (Å²) in [7, 11) is 0. The summed E-state index contributed by atoms with van der Waals surface area (Å²) in [5.74, 6) is -1.96. The van der Waals surface area contributed by atoms with E-state index in [2.05, 4.69) is 10.4 Å². The predicted octanol–water partition coefficient (Wildman–Crippen LogP) is -0.910. The van der Waals surface area contributed by atoms with Gasteiger partial charge < -0.3 is 5.73 Å². The Labute approximate surface area is 45.2 Å². The molecule has 0 heterocycles. The molecule has 0 spiro atoms. The number of nitroso groups, excluding NO2 is 2. The molecule has 8 heavy (non-hydrogen) atoms. The van der Waals surface area contributed by atoms with Gasteiger partial charge in [-0.05, 0) is 10.4 Å². The van der Waals surface area contributed by atoms with Crippen LogP contribution in [0.5, 0.6) is 0 Å². The van der Waals surface area contributed by atoms with Gasteiger partial charge in [0.25, 0.3) is 5.79 Å². The summed E-state index contributed by atoms with van der Waals surface area (Å²) >= 11 is 0. The van der Waals surface area contributed by atoms with Crippen LogP contribution in [0.15, 0.2) is 10.4 Å². The Hall–Kier alpha value is -0.880. The predicted molar refractivity (Wildman–Crippen MR) is 27.6 cm³/mol. The first-order valence-electron chi connectivity index (χ1n) is 1.86. The lowest BCUT2D eigenvalue weighted by molar-refractivity contribution is 0.473. The highest BCUT2D eigenvalue weighted by molar-refractivity contribution is 4.77. The number of hydrogen-bond acceptors (Lipinski definition) is 6. The molecular formula is C2H6N4O2. The molecule has 4 N–H and O–H groups in total. The van der Waals surface area contributed by atoms with E-state index in [1.165, 1.54) is 0 Å². The van der Waals surface area contributed by atoms with E-state index >= 15 is 0 Å². The van der Waals surface area contributed by atoms with Crippen molar-refractivity contribution in [3.63, 3.8) is 0 Å². The van der Waals surface area contributed by atoms with Crippen molar-refractivity contribution in [3.05, 3.63) is 9.81 Å². The Morgan fingerprint density at radius 2 is 1.75 bits per heavy atom. The third-order valence-corrected chi connectivity index (χ3v) is 0.617. The van der Waals surface area contributed by atoms with E-state index in [9.17, 15) is 9.81 Å². The van der Waals surface area contributed by atoms with E-state index in [1.54, 1.807) is 0 Å². The lowest BCUT2D eigenvalue weighted by Crippen LogP contribution is -2.42. The summed E-state index contributed by atoms with van der Waals surface area (Å²) < 4.78 is 0. The lowest BCUT2D eigenvalue weighted by atomic mass is 10.4. The van der Waals surface area contributed by atoms with Gasteiger partial charge in [0, 0.05) is 0 Å². The quantitative estimate of drug-likeness (QED) is 0.467. The molecule has 0 amide bonds. The van der Waals surface area contributed by atoms with Gasteiger partial charge in [0.1, 0.15) is 0 Å². The summed E-state index contributed by atoms with van der Waals surface area (Å²) in [6, 6.07) is 0. The van der Waals surface area contributed by atoms with Gasteiger partial charge in [0.2, 0.25) is 0 Å². The highest BCUT2D eigenvalue weighted by Gasteiger charge is 2.24. The highest BCUT2D eigenvalue weighted by atomic mass is 16.3. The Kier molecular flexibility index (Phi) is 2.17. The minimum Gasteiger partial charge on any atom is -0.325 e. The van der Waals surface area contributed by atoms with Gasteiger partial charge >= 0.3 is 0 Å². The van der Waals surface area contributed by atoms with Crippen LogP contribution in [0, 0.1) is 9.81 Å². The van der Waals surface area contributed by atoms with Crippen LogP contribution >= 0.6 is 0 Å². The second kappa shape index (κ2) is 2.43. The molecule has 0 saturated heterocycles. The smallest absolute Gasteiger partial charge is 0.294 e. The molecule has 0 aromatic carbocycles. The maximum atomic E-state index is 9.54. The van der Waals surface area contributed by atoms with Gasteiger partial charge in [-0.25, -0.2) is 0 Å². The van der Waals surface area contributed by atoms with Crippen LogP contribution in [0.4, 0.5) is 0 Å². The van der Waals surface area contributed by atoms with Gasteiger partial charge in [-0.15, -0.1) is 9.81 Å². The largest absolute Gasteiger partial charge is 0.325 e. The molecule has 0 radical (unpaired) electrons. The van der Waals surface area contributed by atoms with Crippen molar-refractivity contribution in [1.82, 2.24) is 0 Å². The molecule has 6 nitrogen and oxygen atoms in total. The van der Waals surface area contributed by atoms with Gasteiger partial charge in [0.05, 0.1) is 6.54 Å². The molecule has 0 aromatic heterocycles. The third kappa shape index (κ3) is 1.32. The SMILES string of the molecule is NCC(N)(N=O)N=O. The van der Waals surface area contributed by atoms with Crippen LogP contribution in [0.2, 0.25) is 0 Å². The first kappa shape index (κ1) is 7.12. The Balaban J connectivity index is 3.96. The van der Waals surface area contributed by atoms with Crippen LogP contribution in [0.3, 0.4) is 0 Å². The molecule has 0 unspecified atom stereocenters. The fraction of sp³-hybridized carbons (Fsp3) is 1.00. The minimum atomic E-state index is -1.96. The fourth-order valence-corrected chi connectivity index (χ4v) is 0.0912. The molecule has 6 heteroatoms. The molecule has 46 valence electrons. The first-order valence-corrected chi connectivity index (χ1v) is 1.86. The summed E-state index contributed by atoms with van der Waals surface area (Å²) in [6.07, 6.45) is 0. The Morgan fingerprint density at radius 3 is 1.75 bits per heavy atom. The maximum Gasteiger partial charge on any atom is 0.294 e. The van der Waals surface area contributed by atoms with Gasteiger partial charge in [0.15, 0.2) is 0 Å². The maximum absolute atomic E-state index is 9.54. The standard InChI is InChI=1S/C2H6N4O2/c3-1-2(4,5-7)6-8/h1,3-4H2. The summed E-state index contributed by atoms with van der Waals surface area (Å²) in [4.78, 5) is 19.1. The van der Waals surface area contributed by atoms with Gasteiger partial charge in [-0.1, -0.05) is 0 Å². The van der Waals surface area contributed by atoms with Crippen LogP contribution in [-0.2, 0) is 0 Å². The molecule has 0 aromatic rings. The number of nitrogens with zero attached hydrogens (tertiary/aromatic N) is 2. The van der Waals surface area contributed by atoms with Crippen LogP contribution in [0.1, 0.15) is 0 Å². The Bertz CT molecular complexity index is 94.2. The van der Waals surface area contributed by atoms with Crippen molar-refractivity contribution in [2.75, 3.05) is 6.54 Å². The second-order valence-corrected chi connectivity index (χ2v) is 1.27. The monoisotopic (exact) mass is 118 g/mol. The Morgan fingerprint density at radius 1 is 1.38 bits per heavy atom. The topological polar surface area (TPSA) is 111 Å². The van der Waals surface area contributed by atoms with Crippen molar-refractivity contribution < 1.29 is 0 Å². The zero-order valence-corrected chi connectivity index (χ0v) is 4.07.